The minimum atomic E-state index is -0.417. The van der Waals surface area contributed by atoms with Crippen LogP contribution in [0.2, 0.25) is 0 Å². The van der Waals surface area contributed by atoms with E-state index in [1.165, 1.54) is 12.1 Å². The highest BCUT2D eigenvalue weighted by Crippen LogP contribution is 2.06. The van der Waals surface area contributed by atoms with Crippen LogP contribution in [0.15, 0.2) is 30.3 Å². The van der Waals surface area contributed by atoms with Gasteiger partial charge in [-0.3, -0.25) is 10.1 Å². The van der Waals surface area contributed by atoms with Crippen LogP contribution in [-0.4, -0.2) is 10.0 Å². The standard InChI is InChI=1S/C6H5NO2.CH4N2S/c8-7(9)6-4-2-1-3-5-6;2-1(3)4/h1-5H;(H4,2,3,4). The van der Waals surface area contributed by atoms with Gasteiger partial charge >= 0.3 is 0 Å². The highest BCUT2D eigenvalue weighted by atomic mass is 32.1. The molecule has 0 bridgehead atoms. The van der Waals surface area contributed by atoms with Gasteiger partial charge in [-0.2, -0.15) is 0 Å². The molecule has 0 heterocycles. The number of rotatable bonds is 1. The normalized spacial score (nSPS) is 8.00. The zero-order valence-electron chi connectivity index (χ0n) is 6.71. The third kappa shape index (κ3) is 6.70. The maximum atomic E-state index is 10.0. The van der Waals surface area contributed by atoms with Crippen molar-refractivity contribution in [3.8, 4) is 0 Å². The molecule has 0 radical (unpaired) electrons. The molecule has 13 heavy (non-hydrogen) atoms. The number of benzene rings is 1. The second kappa shape index (κ2) is 5.90. The van der Waals surface area contributed by atoms with Crippen LogP contribution in [-0.2, 0) is 0 Å². The second-order valence-corrected chi connectivity index (χ2v) is 2.47. The van der Waals surface area contributed by atoms with Gasteiger partial charge in [0.15, 0.2) is 5.11 Å². The van der Waals surface area contributed by atoms with E-state index in [4.69, 9.17) is 0 Å². The van der Waals surface area contributed by atoms with Gasteiger partial charge in [0.25, 0.3) is 5.69 Å². The number of nitrogens with two attached hydrogens (primary N) is 2. The predicted molar refractivity (Wildman–Crippen MR) is 54.1 cm³/mol. The molecule has 0 aromatic heterocycles. The van der Waals surface area contributed by atoms with Crippen molar-refractivity contribution in [2.75, 3.05) is 0 Å². The lowest BCUT2D eigenvalue weighted by molar-refractivity contribution is -0.384. The summed E-state index contributed by atoms with van der Waals surface area (Å²) in [5.74, 6) is 0. The summed E-state index contributed by atoms with van der Waals surface area (Å²) in [6, 6.07) is 7.93. The van der Waals surface area contributed by atoms with Crippen molar-refractivity contribution in [3.63, 3.8) is 0 Å². The molecule has 0 atom stereocenters. The van der Waals surface area contributed by atoms with E-state index in [0.717, 1.165) is 0 Å². The molecule has 0 aliphatic heterocycles. The lowest BCUT2D eigenvalue weighted by Crippen LogP contribution is -2.18. The first-order valence-electron chi connectivity index (χ1n) is 3.28. The summed E-state index contributed by atoms with van der Waals surface area (Å²) in [6.07, 6.45) is 0. The molecule has 0 saturated carbocycles. The number of hydrogen-bond donors (Lipinski definition) is 2. The molecule has 1 aromatic rings. The van der Waals surface area contributed by atoms with E-state index >= 15 is 0 Å². The molecule has 0 spiro atoms. The molecule has 0 unspecified atom stereocenters. The van der Waals surface area contributed by atoms with Crippen LogP contribution in [0.4, 0.5) is 5.69 Å². The first-order valence-corrected chi connectivity index (χ1v) is 3.69. The number of nitro benzene ring substituents is 1. The number of para-hydroxylation sites is 1. The first kappa shape index (κ1) is 11.3. The third-order valence-electron chi connectivity index (χ3n) is 0.967. The fourth-order valence-electron chi connectivity index (χ4n) is 0.550. The lowest BCUT2D eigenvalue weighted by Gasteiger charge is -1.85. The number of thiocarbonyl (C=S) groups is 1. The quantitative estimate of drug-likeness (QED) is 0.396. The SMILES string of the molecule is NC(N)=S.O=[N+]([O-])c1ccccc1. The Hall–Kier alpha value is -1.69. The third-order valence-corrected chi connectivity index (χ3v) is 0.967. The minimum absolute atomic E-state index is 0.000000000000000222. The van der Waals surface area contributed by atoms with Crippen molar-refractivity contribution in [1.29, 1.82) is 0 Å². The smallest absolute Gasteiger partial charge is 0.269 e. The van der Waals surface area contributed by atoms with E-state index < -0.39 is 4.92 Å². The summed E-state index contributed by atoms with van der Waals surface area (Å²) in [7, 11) is 0. The van der Waals surface area contributed by atoms with Crippen LogP contribution >= 0.6 is 12.2 Å². The first-order chi connectivity index (χ1) is 6.04. The number of nitrogens with zero attached hydrogens (tertiary/aromatic N) is 1. The predicted octanol–water partition coefficient (Wildman–Crippen LogP) is 0.784. The van der Waals surface area contributed by atoms with Crippen LogP contribution in [0.5, 0.6) is 0 Å². The summed E-state index contributed by atoms with van der Waals surface area (Å²) in [5, 5.41) is 10.0. The Morgan fingerprint density at radius 1 is 1.31 bits per heavy atom. The average molecular weight is 199 g/mol. The van der Waals surface area contributed by atoms with Crippen molar-refractivity contribution in [1.82, 2.24) is 0 Å². The molecular weight excluding hydrogens is 190 g/mol. The Bertz CT molecular complexity index is 285. The van der Waals surface area contributed by atoms with E-state index in [1.54, 1.807) is 18.2 Å². The van der Waals surface area contributed by atoms with Crippen LogP contribution in [0, 0.1) is 10.1 Å². The van der Waals surface area contributed by atoms with Gasteiger partial charge in [-0.15, -0.1) is 0 Å². The molecule has 0 fully saturated rings. The summed E-state index contributed by atoms with van der Waals surface area (Å²) in [6.45, 7) is 0. The van der Waals surface area contributed by atoms with Gasteiger partial charge in [0.2, 0.25) is 0 Å². The van der Waals surface area contributed by atoms with Crippen molar-refractivity contribution in [2.24, 2.45) is 11.5 Å². The Labute approximate surface area is 80.5 Å². The topological polar surface area (TPSA) is 95.2 Å². The summed E-state index contributed by atoms with van der Waals surface area (Å²) >= 11 is 4.09. The largest absolute Gasteiger partial charge is 0.377 e. The zero-order chi connectivity index (χ0) is 10.3. The number of hydrogen-bond acceptors (Lipinski definition) is 3. The molecule has 0 amide bonds. The Morgan fingerprint density at radius 3 is 1.92 bits per heavy atom. The molecule has 1 aromatic carbocycles. The van der Waals surface area contributed by atoms with Crippen LogP contribution < -0.4 is 11.5 Å². The highest BCUT2D eigenvalue weighted by molar-refractivity contribution is 7.80. The van der Waals surface area contributed by atoms with Crippen LogP contribution in [0.25, 0.3) is 0 Å². The summed E-state index contributed by atoms with van der Waals surface area (Å²) in [4.78, 5) is 9.59. The van der Waals surface area contributed by atoms with Gasteiger partial charge in [-0.05, 0) is 12.2 Å². The van der Waals surface area contributed by atoms with E-state index in [2.05, 4.69) is 23.7 Å². The van der Waals surface area contributed by atoms with E-state index in [0.29, 0.717) is 0 Å². The number of non-ortho nitro benzene ring substituents is 1. The van der Waals surface area contributed by atoms with Gasteiger partial charge in [0.05, 0.1) is 4.92 Å². The minimum Gasteiger partial charge on any atom is -0.377 e. The Kier molecular flexibility index (Phi) is 5.13. The van der Waals surface area contributed by atoms with Crippen molar-refractivity contribution >= 4 is 23.0 Å². The Balaban J connectivity index is 0.000000310. The van der Waals surface area contributed by atoms with Gasteiger partial charge in [-0.25, -0.2) is 0 Å². The van der Waals surface area contributed by atoms with Gasteiger partial charge in [-0.1, -0.05) is 18.2 Å². The Morgan fingerprint density at radius 2 is 1.69 bits per heavy atom. The molecular formula is C7H9N3O2S. The van der Waals surface area contributed by atoms with Crippen LogP contribution in [0.3, 0.4) is 0 Å². The van der Waals surface area contributed by atoms with E-state index in [9.17, 15) is 10.1 Å². The number of nitro groups is 1. The average Bonchev–Trinajstić information content (AvgIpc) is 2.05. The molecule has 70 valence electrons. The molecule has 1 rings (SSSR count). The van der Waals surface area contributed by atoms with Crippen molar-refractivity contribution in [3.05, 3.63) is 40.4 Å². The molecule has 0 aliphatic rings. The molecule has 0 aliphatic carbocycles. The van der Waals surface area contributed by atoms with Gasteiger partial charge < -0.3 is 11.5 Å². The summed E-state index contributed by atoms with van der Waals surface area (Å²) in [5.41, 5.74) is 9.38. The zero-order valence-corrected chi connectivity index (χ0v) is 7.53. The maximum Gasteiger partial charge on any atom is 0.269 e. The van der Waals surface area contributed by atoms with E-state index in [1.807, 2.05) is 0 Å². The molecule has 5 nitrogen and oxygen atoms in total. The van der Waals surface area contributed by atoms with Crippen molar-refractivity contribution in [2.45, 2.75) is 0 Å². The van der Waals surface area contributed by atoms with Gasteiger partial charge in [0, 0.05) is 12.1 Å². The van der Waals surface area contributed by atoms with Gasteiger partial charge in [0.1, 0.15) is 0 Å². The monoisotopic (exact) mass is 199 g/mol. The maximum absolute atomic E-state index is 10.0. The second-order valence-electron chi connectivity index (χ2n) is 2.00. The lowest BCUT2D eigenvalue weighted by atomic mass is 10.3. The fraction of sp³-hybridized carbons (Fsp3) is 0. The van der Waals surface area contributed by atoms with E-state index in [-0.39, 0.29) is 10.8 Å². The molecule has 6 heteroatoms. The molecule has 0 saturated heterocycles. The van der Waals surface area contributed by atoms with Crippen LogP contribution in [0.1, 0.15) is 0 Å². The molecule has 4 N–H and O–H groups in total. The summed E-state index contributed by atoms with van der Waals surface area (Å²) < 4.78 is 0. The highest BCUT2D eigenvalue weighted by Gasteiger charge is 1.98. The van der Waals surface area contributed by atoms with Crippen molar-refractivity contribution < 1.29 is 4.92 Å². The fourth-order valence-corrected chi connectivity index (χ4v) is 0.550.